The van der Waals surface area contributed by atoms with Crippen LogP contribution in [0, 0.1) is 12.3 Å². The number of benzene rings is 4. The molecule has 0 spiro atoms. The number of carbonyl (C=O) groups excluding carboxylic acids is 2. The average Bonchev–Trinajstić information content (AvgIpc) is 3.44. The van der Waals surface area contributed by atoms with E-state index in [0.29, 0.717) is 36.3 Å². The van der Waals surface area contributed by atoms with E-state index in [9.17, 15) is 22.6 Å². The van der Waals surface area contributed by atoms with E-state index >= 15 is 0 Å². The van der Waals surface area contributed by atoms with Gasteiger partial charge in [-0.2, -0.15) is 8.42 Å². The summed E-state index contributed by atoms with van der Waals surface area (Å²) >= 11 is 0. The fourth-order valence-corrected chi connectivity index (χ4v) is 6.40. The molecule has 0 saturated carbocycles. The van der Waals surface area contributed by atoms with Gasteiger partial charge < -0.3 is 20.1 Å². The van der Waals surface area contributed by atoms with Gasteiger partial charge in [0, 0.05) is 29.7 Å². The predicted molar refractivity (Wildman–Crippen MR) is 170 cm³/mol. The summed E-state index contributed by atoms with van der Waals surface area (Å²) in [5.74, 6) is -0.475. The maximum absolute atomic E-state index is 13.1. The minimum absolute atomic E-state index is 0.00577. The van der Waals surface area contributed by atoms with Gasteiger partial charge in [-0.1, -0.05) is 66.7 Å². The fourth-order valence-electron chi connectivity index (χ4n) is 5.47. The highest BCUT2D eigenvalue weighted by molar-refractivity contribution is 7.86. The summed E-state index contributed by atoms with van der Waals surface area (Å²) in [4.78, 5) is 26.8. The van der Waals surface area contributed by atoms with E-state index in [1.807, 2.05) is 42.5 Å². The van der Waals surface area contributed by atoms with Gasteiger partial charge in [0.2, 0.25) is 5.91 Å². The molecule has 11 heteroatoms. The molecule has 45 heavy (non-hydrogen) atoms. The largest absolute Gasteiger partial charge is 0.489 e. The number of nitrogen functional groups attached to an aromatic ring is 1. The summed E-state index contributed by atoms with van der Waals surface area (Å²) in [6.45, 7) is 1.83. The van der Waals surface area contributed by atoms with Crippen LogP contribution in [0.2, 0.25) is 0 Å². The van der Waals surface area contributed by atoms with Crippen LogP contribution in [0.3, 0.4) is 0 Å². The molecule has 1 aliphatic rings. The summed E-state index contributed by atoms with van der Waals surface area (Å²) < 4.78 is 47.7. The zero-order valence-electron chi connectivity index (χ0n) is 24.7. The number of nitrogens with one attached hydrogen (secondary N) is 1. The first-order valence-corrected chi connectivity index (χ1v) is 15.8. The van der Waals surface area contributed by atoms with E-state index in [2.05, 4.69) is 0 Å². The van der Waals surface area contributed by atoms with Crippen molar-refractivity contribution in [3.05, 3.63) is 113 Å². The summed E-state index contributed by atoms with van der Waals surface area (Å²) in [5, 5.41) is 7.55. The molecule has 0 atom stereocenters. The van der Waals surface area contributed by atoms with Crippen LogP contribution >= 0.6 is 0 Å². The number of nitrogens with zero attached hydrogens (tertiary/aromatic N) is 1. The Morgan fingerprint density at radius 1 is 0.978 bits per heavy atom. The third-order valence-electron chi connectivity index (χ3n) is 7.56. The molecular weight excluding hydrogens is 594 g/mol. The Hall–Kier alpha value is -5.00. The molecule has 0 aromatic heterocycles. The van der Waals surface area contributed by atoms with Gasteiger partial charge in [0.05, 0.1) is 12.1 Å². The average molecular weight is 628 g/mol. The lowest BCUT2D eigenvalue weighted by Gasteiger charge is -2.25. The number of amidine groups is 1. The first-order chi connectivity index (χ1) is 21.5. The van der Waals surface area contributed by atoms with Crippen molar-refractivity contribution in [2.45, 2.75) is 44.3 Å². The maximum atomic E-state index is 13.1. The molecule has 10 nitrogen and oxygen atoms in total. The number of hydrogen-bond donors (Lipinski definition) is 3. The molecule has 4 aromatic carbocycles. The van der Waals surface area contributed by atoms with Crippen molar-refractivity contribution in [1.82, 2.24) is 0 Å². The molecule has 0 bridgehead atoms. The smallest absolute Gasteiger partial charge is 0.310 e. The Bertz CT molecular complexity index is 1840. The molecular formula is C34H33N3O7S. The third kappa shape index (κ3) is 7.39. The van der Waals surface area contributed by atoms with E-state index in [1.165, 1.54) is 4.90 Å². The first-order valence-electron chi connectivity index (χ1n) is 14.3. The van der Waals surface area contributed by atoms with Gasteiger partial charge in [-0.25, -0.2) is 0 Å². The summed E-state index contributed by atoms with van der Waals surface area (Å²) in [6, 6.07) is 25.0. The van der Waals surface area contributed by atoms with Crippen molar-refractivity contribution in [2.75, 3.05) is 11.4 Å². The topological polar surface area (TPSA) is 160 Å². The second-order valence-electron chi connectivity index (χ2n) is 10.8. The molecule has 232 valence electrons. The second-order valence-corrected chi connectivity index (χ2v) is 12.1. The van der Waals surface area contributed by atoms with E-state index < -0.39 is 27.4 Å². The van der Waals surface area contributed by atoms with Crippen LogP contribution in [0.15, 0.2) is 89.8 Å². The van der Waals surface area contributed by atoms with Gasteiger partial charge in [-0.3, -0.25) is 19.6 Å². The molecule has 0 radical (unpaired) electrons. The number of amides is 1. The summed E-state index contributed by atoms with van der Waals surface area (Å²) in [6.07, 6.45) is 0.395. The first kappa shape index (κ1) is 31.4. The van der Waals surface area contributed by atoms with Gasteiger partial charge in [0.15, 0.2) is 0 Å². The minimum Gasteiger partial charge on any atom is -0.489 e. The lowest BCUT2D eigenvalue weighted by atomic mass is 9.99. The Kier molecular flexibility index (Phi) is 9.31. The van der Waals surface area contributed by atoms with E-state index in [4.69, 9.17) is 20.6 Å². The quantitative estimate of drug-likeness (QED) is 0.0887. The van der Waals surface area contributed by atoms with Crippen molar-refractivity contribution in [2.24, 2.45) is 5.73 Å². The highest BCUT2D eigenvalue weighted by Gasteiger charge is 2.33. The Labute approximate surface area is 261 Å². The van der Waals surface area contributed by atoms with Crippen LogP contribution in [0.1, 0.15) is 40.7 Å². The van der Waals surface area contributed by atoms with E-state index in [0.717, 1.165) is 16.7 Å². The zero-order chi connectivity index (χ0) is 32.1. The molecule has 4 N–H and O–H groups in total. The molecule has 1 aliphatic heterocycles. The molecule has 4 aromatic rings. The Morgan fingerprint density at radius 3 is 2.20 bits per heavy atom. The maximum Gasteiger partial charge on any atom is 0.310 e. The van der Waals surface area contributed by atoms with Crippen LogP contribution in [-0.4, -0.2) is 37.2 Å². The number of rotatable bonds is 11. The molecule has 0 unspecified atom stereocenters. The predicted octanol–water partition coefficient (Wildman–Crippen LogP) is 5.18. The molecule has 1 saturated heterocycles. The van der Waals surface area contributed by atoms with Crippen molar-refractivity contribution in [1.29, 1.82) is 5.41 Å². The number of nitrogens with two attached hydrogens (primary N) is 1. The molecule has 1 heterocycles. The van der Waals surface area contributed by atoms with Gasteiger partial charge in [-0.15, -0.1) is 0 Å². The number of ether oxygens (including phenoxy) is 2. The lowest BCUT2D eigenvalue weighted by Crippen LogP contribution is -2.28. The van der Waals surface area contributed by atoms with Crippen LogP contribution < -0.4 is 15.4 Å². The molecule has 1 amide bonds. The minimum atomic E-state index is -4.87. The van der Waals surface area contributed by atoms with Crippen molar-refractivity contribution in [3.63, 3.8) is 0 Å². The van der Waals surface area contributed by atoms with E-state index in [-0.39, 0.29) is 41.8 Å². The van der Waals surface area contributed by atoms with Crippen LogP contribution in [0.4, 0.5) is 5.69 Å². The number of aryl methyl sites for hydroxylation is 1. The van der Waals surface area contributed by atoms with Crippen molar-refractivity contribution in [3.8, 4) is 16.9 Å². The highest BCUT2D eigenvalue weighted by atomic mass is 32.2. The SMILES string of the molecule is Cc1cc(COc2ccc(-c3ccc(C(=N)N)cc3)cc2)c(S(=O)(=O)O)c(CC(=O)OCc2ccccc2)c1N1CCCC1=O. The normalized spacial score (nSPS) is 13.1. The van der Waals surface area contributed by atoms with Gasteiger partial charge in [0.1, 0.15) is 29.7 Å². The van der Waals surface area contributed by atoms with Crippen LogP contribution in [-0.2, 0) is 44.1 Å². The monoisotopic (exact) mass is 627 g/mol. The number of carbonyl (C=O) groups is 2. The number of anilines is 1. The second kappa shape index (κ2) is 13.3. The Balaban J connectivity index is 1.44. The Morgan fingerprint density at radius 2 is 1.62 bits per heavy atom. The van der Waals surface area contributed by atoms with Gasteiger partial charge in [-0.05, 0) is 53.8 Å². The zero-order valence-corrected chi connectivity index (χ0v) is 25.5. The van der Waals surface area contributed by atoms with Crippen molar-refractivity contribution < 1.29 is 32.0 Å². The molecule has 5 rings (SSSR count). The standard InChI is InChI=1S/C34H33N3O7S/c1-22-18-27(21-43-28-15-13-25(14-16-28)24-9-11-26(12-10-24)34(35)36)33(45(40,41)42)29(32(22)37-17-5-8-30(37)38)19-31(39)44-20-23-6-3-2-4-7-23/h2-4,6-7,9-16,18H,5,8,17,19-21H2,1H3,(H3,35,36)(H,40,41,42). The van der Waals surface area contributed by atoms with Gasteiger partial charge in [0.25, 0.3) is 10.1 Å². The van der Waals surface area contributed by atoms with Crippen LogP contribution in [0.25, 0.3) is 11.1 Å². The van der Waals surface area contributed by atoms with Crippen molar-refractivity contribution >= 4 is 33.5 Å². The van der Waals surface area contributed by atoms with E-state index in [1.54, 1.807) is 49.4 Å². The molecule has 0 aliphatic carbocycles. The number of esters is 1. The number of hydrogen-bond acceptors (Lipinski definition) is 7. The highest BCUT2D eigenvalue weighted by Crippen LogP contribution is 2.37. The lowest BCUT2D eigenvalue weighted by molar-refractivity contribution is -0.144. The summed E-state index contributed by atoms with van der Waals surface area (Å²) in [5.41, 5.74) is 9.69. The van der Waals surface area contributed by atoms with Gasteiger partial charge >= 0.3 is 5.97 Å². The van der Waals surface area contributed by atoms with Crippen LogP contribution in [0.5, 0.6) is 5.75 Å². The third-order valence-corrected chi connectivity index (χ3v) is 8.58. The fraction of sp³-hybridized carbons (Fsp3) is 0.206. The molecule has 1 fully saturated rings. The summed E-state index contributed by atoms with van der Waals surface area (Å²) in [7, 11) is -4.87.